The predicted octanol–water partition coefficient (Wildman–Crippen LogP) is 3.22. The van der Waals surface area contributed by atoms with Gasteiger partial charge in [-0.3, -0.25) is 10.2 Å². The average Bonchev–Trinajstić information content (AvgIpc) is 3.12. The Morgan fingerprint density at radius 2 is 1.20 bits per heavy atom. The summed E-state index contributed by atoms with van der Waals surface area (Å²) in [5.41, 5.74) is 4.86. The third-order valence-electron chi connectivity index (χ3n) is 3.72. The van der Waals surface area contributed by atoms with Crippen LogP contribution in [0.25, 0.3) is 21.8 Å². The summed E-state index contributed by atoms with van der Waals surface area (Å²) in [7, 11) is 0. The Labute approximate surface area is 115 Å². The van der Waals surface area contributed by atoms with E-state index in [9.17, 15) is 0 Å². The summed E-state index contributed by atoms with van der Waals surface area (Å²) < 4.78 is 0. The van der Waals surface area contributed by atoms with E-state index in [2.05, 4.69) is 56.8 Å². The molecule has 0 radical (unpaired) electrons. The largest absolute Gasteiger partial charge is 0.278 e. The highest BCUT2D eigenvalue weighted by Gasteiger charge is 2.01. The number of nitrogens with zero attached hydrogens (tertiary/aromatic N) is 2. The minimum atomic E-state index is 1.02. The second kappa shape index (κ2) is 4.49. The number of H-pyrrole nitrogens is 2. The maximum absolute atomic E-state index is 4.05. The molecule has 0 amide bonds. The molecular formula is C16H14N4. The Hall–Kier alpha value is -2.62. The van der Waals surface area contributed by atoms with E-state index in [4.69, 9.17) is 0 Å². The van der Waals surface area contributed by atoms with Crippen molar-refractivity contribution in [1.82, 2.24) is 20.4 Å². The smallest absolute Gasteiger partial charge is 0.0653 e. The Morgan fingerprint density at radius 1 is 0.700 bits per heavy atom. The van der Waals surface area contributed by atoms with Crippen molar-refractivity contribution in [2.24, 2.45) is 0 Å². The van der Waals surface area contributed by atoms with E-state index in [1.165, 1.54) is 11.1 Å². The van der Waals surface area contributed by atoms with Gasteiger partial charge in [-0.25, -0.2) is 0 Å². The molecule has 0 saturated heterocycles. The summed E-state index contributed by atoms with van der Waals surface area (Å²) in [4.78, 5) is 0. The lowest BCUT2D eigenvalue weighted by Crippen LogP contribution is -1.91. The van der Waals surface area contributed by atoms with Gasteiger partial charge in [0, 0.05) is 10.8 Å². The molecule has 0 saturated carbocycles. The van der Waals surface area contributed by atoms with Crippen LogP contribution in [-0.4, -0.2) is 20.4 Å². The lowest BCUT2D eigenvalue weighted by atomic mass is 10.0. The number of fused-ring (bicyclic) bond motifs is 2. The molecule has 0 bridgehead atoms. The van der Waals surface area contributed by atoms with Crippen molar-refractivity contribution in [1.29, 1.82) is 0 Å². The third kappa shape index (κ3) is 1.95. The van der Waals surface area contributed by atoms with Crippen LogP contribution in [0, 0.1) is 0 Å². The van der Waals surface area contributed by atoms with Crippen molar-refractivity contribution in [3.8, 4) is 0 Å². The first kappa shape index (κ1) is 11.2. The van der Waals surface area contributed by atoms with Gasteiger partial charge in [-0.05, 0) is 36.1 Å². The van der Waals surface area contributed by atoms with Crippen molar-refractivity contribution in [2.45, 2.75) is 12.8 Å². The lowest BCUT2D eigenvalue weighted by molar-refractivity contribution is 0.962. The number of aromatic amines is 2. The van der Waals surface area contributed by atoms with Crippen LogP contribution < -0.4 is 0 Å². The van der Waals surface area contributed by atoms with E-state index in [-0.39, 0.29) is 0 Å². The molecule has 0 fully saturated rings. The van der Waals surface area contributed by atoms with Gasteiger partial charge in [0.05, 0.1) is 23.4 Å². The Kier molecular flexibility index (Phi) is 2.52. The van der Waals surface area contributed by atoms with Crippen LogP contribution in [0.2, 0.25) is 0 Å². The maximum atomic E-state index is 4.05. The highest BCUT2D eigenvalue weighted by molar-refractivity contribution is 5.79. The molecule has 4 nitrogen and oxygen atoms in total. The van der Waals surface area contributed by atoms with E-state index < -0.39 is 0 Å². The molecule has 2 aromatic carbocycles. The second-order valence-corrected chi connectivity index (χ2v) is 5.08. The first-order valence-corrected chi connectivity index (χ1v) is 6.72. The molecule has 2 N–H and O–H groups in total. The first-order chi connectivity index (χ1) is 9.88. The molecule has 2 heterocycles. The van der Waals surface area contributed by atoms with Gasteiger partial charge in [-0.1, -0.05) is 24.3 Å². The lowest BCUT2D eigenvalue weighted by Gasteiger charge is -2.03. The van der Waals surface area contributed by atoms with Gasteiger partial charge in [-0.15, -0.1) is 0 Å². The average molecular weight is 262 g/mol. The molecular weight excluding hydrogens is 248 g/mol. The fourth-order valence-electron chi connectivity index (χ4n) is 2.57. The summed E-state index contributed by atoms with van der Waals surface area (Å²) in [6.45, 7) is 0. The molecule has 20 heavy (non-hydrogen) atoms. The number of rotatable bonds is 3. The van der Waals surface area contributed by atoms with Crippen LogP contribution in [-0.2, 0) is 12.8 Å². The van der Waals surface area contributed by atoms with Gasteiger partial charge < -0.3 is 0 Å². The summed E-state index contributed by atoms with van der Waals surface area (Å²) >= 11 is 0. The minimum Gasteiger partial charge on any atom is -0.278 e. The molecule has 0 spiro atoms. The molecule has 0 aliphatic heterocycles. The van der Waals surface area contributed by atoms with Crippen LogP contribution in [0.15, 0.2) is 48.8 Å². The molecule has 4 aromatic rings. The number of benzene rings is 2. The summed E-state index contributed by atoms with van der Waals surface area (Å²) in [6.07, 6.45) is 5.75. The van der Waals surface area contributed by atoms with Crippen molar-refractivity contribution < 1.29 is 0 Å². The molecule has 0 unspecified atom stereocenters. The van der Waals surface area contributed by atoms with E-state index in [0.29, 0.717) is 0 Å². The Bertz CT molecular complexity index is 798. The zero-order valence-electron chi connectivity index (χ0n) is 10.9. The van der Waals surface area contributed by atoms with Crippen molar-refractivity contribution in [2.75, 3.05) is 0 Å². The molecule has 0 aliphatic carbocycles. The van der Waals surface area contributed by atoms with Gasteiger partial charge in [0.15, 0.2) is 0 Å². The second-order valence-electron chi connectivity index (χ2n) is 5.08. The first-order valence-electron chi connectivity index (χ1n) is 6.72. The van der Waals surface area contributed by atoms with Crippen LogP contribution in [0.1, 0.15) is 11.1 Å². The summed E-state index contributed by atoms with van der Waals surface area (Å²) in [6, 6.07) is 12.9. The van der Waals surface area contributed by atoms with E-state index in [1.54, 1.807) is 0 Å². The van der Waals surface area contributed by atoms with Gasteiger partial charge in [0.25, 0.3) is 0 Å². The third-order valence-corrected chi connectivity index (χ3v) is 3.72. The number of hydrogen-bond donors (Lipinski definition) is 2. The van der Waals surface area contributed by atoms with Crippen molar-refractivity contribution in [3.05, 3.63) is 59.9 Å². The van der Waals surface area contributed by atoms with Crippen LogP contribution in [0.4, 0.5) is 0 Å². The van der Waals surface area contributed by atoms with E-state index in [1.807, 2.05) is 12.4 Å². The topological polar surface area (TPSA) is 57.4 Å². The molecule has 4 rings (SSSR count). The molecule has 0 atom stereocenters. The van der Waals surface area contributed by atoms with Gasteiger partial charge in [-0.2, -0.15) is 10.2 Å². The van der Waals surface area contributed by atoms with Gasteiger partial charge in [0.2, 0.25) is 0 Å². The number of aryl methyl sites for hydroxylation is 2. The number of aromatic nitrogens is 4. The van der Waals surface area contributed by atoms with Crippen LogP contribution >= 0.6 is 0 Å². The summed E-state index contributed by atoms with van der Waals surface area (Å²) in [5.74, 6) is 0. The quantitative estimate of drug-likeness (QED) is 0.595. The highest BCUT2D eigenvalue weighted by Crippen LogP contribution is 2.17. The normalized spacial score (nSPS) is 11.4. The fourth-order valence-corrected chi connectivity index (χ4v) is 2.57. The number of hydrogen-bond acceptors (Lipinski definition) is 2. The molecule has 98 valence electrons. The minimum absolute atomic E-state index is 1.02. The standard InChI is InChI=1S/C16H14N4/c1(11-3-5-13-9-17-19-15(13)7-11)2-12-4-6-14-10-18-20-16(14)8-12/h3-10H,1-2H2,(H,17,19)(H,18,20). The molecule has 4 heteroatoms. The SMILES string of the molecule is c1cc2cn[nH]c2cc1CCc1ccc2cn[nH]c2c1. The fraction of sp³-hybridized carbons (Fsp3) is 0.125. The van der Waals surface area contributed by atoms with Gasteiger partial charge >= 0.3 is 0 Å². The zero-order chi connectivity index (χ0) is 13.4. The van der Waals surface area contributed by atoms with Crippen LogP contribution in [0.5, 0.6) is 0 Å². The van der Waals surface area contributed by atoms with Crippen molar-refractivity contribution >= 4 is 21.8 Å². The number of nitrogens with one attached hydrogen (secondary N) is 2. The zero-order valence-corrected chi connectivity index (χ0v) is 10.9. The van der Waals surface area contributed by atoms with E-state index in [0.717, 1.165) is 34.6 Å². The predicted molar refractivity (Wildman–Crippen MR) is 79.6 cm³/mol. The Balaban J connectivity index is 1.56. The van der Waals surface area contributed by atoms with Gasteiger partial charge in [0.1, 0.15) is 0 Å². The monoisotopic (exact) mass is 262 g/mol. The van der Waals surface area contributed by atoms with Crippen molar-refractivity contribution in [3.63, 3.8) is 0 Å². The van der Waals surface area contributed by atoms with Crippen LogP contribution in [0.3, 0.4) is 0 Å². The molecule has 0 aliphatic rings. The Morgan fingerprint density at radius 3 is 1.70 bits per heavy atom. The maximum Gasteiger partial charge on any atom is 0.0653 e. The van der Waals surface area contributed by atoms with E-state index >= 15 is 0 Å². The molecule has 2 aromatic heterocycles. The highest BCUT2D eigenvalue weighted by atomic mass is 15.1. The summed E-state index contributed by atoms with van der Waals surface area (Å²) in [5, 5.41) is 16.5.